The number of nitrogens with one attached hydrogen (secondary N) is 3. The van der Waals surface area contributed by atoms with Gasteiger partial charge >= 0.3 is 0 Å². The maximum absolute atomic E-state index is 12.0. The summed E-state index contributed by atoms with van der Waals surface area (Å²) in [5, 5.41) is 13.0. The summed E-state index contributed by atoms with van der Waals surface area (Å²) in [6, 6.07) is 9.20. The van der Waals surface area contributed by atoms with Gasteiger partial charge in [0.05, 0.1) is 6.54 Å². The van der Waals surface area contributed by atoms with Crippen molar-refractivity contribution in [1.29, 1.82) is 0 Å². The van der Waals surface area contributed by atoms with Gasteiger partial charge in [0.15, 0.2) is 5.96 Å². The molecule has 126 valence electrons. The van der Waals surface area contributed by atoms with E-state index < -0.39 is 0 Å². The van der Waals surface area contributed by atoms with Gasteiger partial charge in [-0.15, -0.1) is 30.4 Å². The Bertz CT molecular complexity index is 722. The van der Waals surface area contributed by atoms with Crippen LogP contribution in [0.15, 0.2) is 46.1 Å². The van der Waals surface area contributed by atoms with Gasteiger partial charge in [0, 0.05) is 24.8 Å². The smallest absolute Gasteiger partial charge is 0.243 e. The molecule has 0 aliphatic carbocycles. The Morgan fingerprint density at radius 3 is 2.83 bits per heavy atom. The van der Waals surface area contributed by atoms with Gasteiger partial charge in [-0.2, -0.15) is 11.3 Å². The highest BCUT2D eigenvalue weighted by Gasteiger charge is 2.05. The first-order valence-corrected chi connectivity index (χ1v) is 7.97. The summed E-state index contributed by atoms with van der Waals surface area (Å²) < 4.78 is 0. The second-order valence-electron chi connectivity index (χ2n) is 4.68. The van der Waals surface area contributed by atoms with Crippen LogP contribution in [0.4, 0.5) is 5.69 Å². The summed E-state index contributed by atoms with van der Waals surface area (Å²) in [5.74, 6) is 2.94. The van der Waals surface area contributed by atoms with Crippen molar-refractivity contribution < 1.29 is 4.79 Å². The first kappa shape index (κ1) is 20.0. The molecule has 1 aromatic heterocycles. The molecule has 0 radical (unpaired) electrons. The summed E-state index contributed by atoms with van der Waals surface area (Å²) in [6.45, 7) is 0.776. The van der Waals surface area contributed by atoms with Crippen molar-refractivity contribution >= 4 is 52.9 Å². The predicted octanol–water partition coefficient (Wildman–Crippen LogP) is 2.65. The molecule has 0 aliphatic rings. The Labute approximate surface area is 163 Å². The first-order valence-electron chi connectivity index (χ1n) is 7.03. The maximum Gasteiger partial charge on any atom is 0.243 e. The monoisotopic (exact) mass is 454 g/mol. The first-order chi connectivity index (χ1) is 11.2. The van der Waals surface area contributed by atoms with E-state index in [4.69, 9.17) is 6.42 Å². The number of thiophene rings is 1. The summed E-state index contributed by atoms with van der Waals surface area (Å²) in [6.07, 6.45) is 5.34. The second-order valence-corrected chi connectivity index (χ2v) is 5.46. The molecule has 1 aromatic carbocycles. The van der Waals surface area contributed by atoms with Gasteiger partial charge in [-0.05, 0) is 40.6 Å². The van der Waals surface area contributed by atoms with Crippen LogP contribution < -0.4 is 16.0 Å². The van der Waals surface area contributed by atoms with E-state index in [2.05, 4.69) is 32.2 Å². The lowest BCUT2D eigenvalue weighted by Gasteiger charge is -2.11. The summed E-state index contributed by atoms with van der Waals surface area (Å²) in [5.41, 5.74) is 2.57. The van der Waals surface area contributed by atoms with E-state index in [1.54, 1.807) is 36.6 Å². The lowest BCUT2D eigenvalue weighted by Crippen LogP contribution is -2.41. The number of benzene rings is 1. The minimum Gasteiger partial charge on any atom is -0.352 e. The zero-order valence-corrected chi connectivity index (χ0v) is 16.4. The molecule has 2 aromatic rings. The van der Waals surface area contributed by atoms with E-state index in [1.165, 1.54) is 5.56 Å². The average Bonchev–Trinajstić information content (AvgIpc) is 3.08. The van der Waals surface area contributed by atoms with Crippen LogP contribution in [0.5, 0.6) is 0 Å². The Morgan fingerprint density at radius 1 is 1.33 bits per heavy atom. The Hall–Kier alpha value is -2.05. The number of halogens is 1. The Morgan fingerprint density at radius 2 is 2.17 bits per heavy atom. The van der Waals surface area contributed by atoms with Gasteiger partial charge in [0.1, 0.15) is 0 Å². The highest BCUT2D eigenvalue weighted by atomic mass is 127. The standard InChI is InChI=1S/C17H18N4OS.HI/c1-3-13-5-4-6-15(9-13)21-16(22)11-20-17(18-2)19-10-14-7-8-23-12-14;/h1,4-9,12H,10-11H2,2H3,(H,21,22)(H2,18,19,20);1H. The molecule has 1 amide bonds. The number of guanidine groups is 1. The number of carbonyl (C=O) groups excluding carboxylic acids is 1. The molecule has 0 saturated heterocycles. The number of terminal acetylenes is 1. The molecule has 0 aliphatic heterocycles. The molecule has 5 nitrogen and oxygen atoms in total. The number of aliphatic imine (C=N–C) groups is 1. The third-order valence-electron chi connectivity index (χ3n) is 2.99. The fraction of sp³-hybridized carbons (Fsp3) is 0.176. The zero-order chi connectivity index (χ0) is 16.5. The minimum atomic E-state index is -0.169. The fourth-order valence-corrected chi connectivity index (χ4v) is 2.52. The zero-order valence-electron chi connectivity index (χ0n) is 13.2. The molecule has 0 atom stereocenters. The van der Waals surface area contributed by atoms with E-state index in [1.807, 2.05) is 17.5 Å². The SMILES string of the molecule is C#Cc1cccc(NC(=O)CNC(=NC)NCc2ccsc2)c1.I. The molecule has 24 heavy (non-hydrogen) atoms. The van der Waals surface area contributed by atoms with E-state index in [0.29, 0.717) is 18.2 Å². The molecular formula is C17H19IN4OS. The predicted molar refractivity (Wildman–Crippen MR) is 111 cm³/mol. The number of rotatable bonds is 5. The molecule has 0 bridgehead atoms. The summed E-state index contributed by atoms with van der Waals surface area (Å²) in [4.78, 5) is 16.0. The van der Waals surface area contributed by atoms with Crippen molar-refractivity contribution in [3.63, 3.8) is 0 Å². The largest absolute Gasteiger partial charge is 0.352 e. The van der Waals surface area contributed by atoms with Crippen LogP contribution in [0.3, 0.4) is 0 Å². The van der Waals surface area contributed by atoms with Crippen molar-refractivity contribution in [2.75, 3.05) is 18.9 Å². The molecule has 3 N–H and O–H groups in total. The minimum absolute atomic E-state index is 0. The van der Waals surface area contributed by atoms with Gasteiger partial charge in [-0.25, -0.2) is 0 Å². The summed E-state index contributed by atoms with van der Waals surface area (Å²) >= 11 is 1.64. The number of carbonyl (C=O) groups is 1. The fourth-order valence-electron chi connectivity index (χ4n) is 1.86. The molecule has 2 rings (SSSR count). The van der Waals surface area contributed by atoms with Crippen molar-refractivity contribution in [3.05, 3.63) is 52.2 Å². The molecule has 0 saturated carbocycles. The third kappa shape index (κ3) is 6.60. The Balaban J connectivity index is 0.00000288. The van der Waals surface area contributed by atoms with Gasteiger partial charge in [0.2, 0.25) is 5.91 Å². The van der Waals surface area contributed by atoms with Gasteiger partial charge in [-0.1, -0.05) is 12.0 Å². The van der Waals surface area contributed by atoms with E-state index >= 15 is 0 Å². The quantitative estimate of drug-likeness (QED) is 0.282. The third-order valence-corrected chi connectivity index (χ3v) is 3.73. The molecule has 0 fully saturated rings. The van der Waals surface area contributed by atoms with Crippen LogP contribution in [0.25, 0.3) is 0 Å². The van der Waals surface area contributed by atoms with Gasteiger partial charge in [-0.3, -0.25) is 9.79 Å². The van der Waals surface area contributed by atoms with Crippen molar-refractivity contribution in [3.8, 4) is 12.3 Å². The van der Waals surface area contributed by atoms with E-state index in [9.17, 15) is 4.79 Å². The van der Waals surface area contributed by atoms with Crippen LogP contribution in [-0.2, 0) is 11.3 Å². The highest BCUT2D eigenvalue weighted by Crippen LogP contribution is 2.09. The Kier molecular flexibility index (Phi) is 8.89. The number of anilines is 1. The van der Waals surface area contributed by atoms with Crippen molar-refractivity contribution in [2.45, 2.75) is 6.54 Å². The molecular weight excluding hydrogens is 435 g/mol. The molecule has 0 spiro atoms. The van der Waals surface area contributed by atoms with Crippen molar-refractivity contribution in [2.24, 2.45) is 4.99 Å². The second kappa shape index (κ2) is 10.7. The topological polar surface area (TPSA) is 65.5 Å². The maximum atomic E-state index is 12.0. The highest BCUT2D eigenvalue weighted by molar-refractivity contribution is 14.0. The van der Waals surface area contributed by atoms with Crippen molar-refractivity contribution in [1.82, 2.24) is 10.6 Å². The van der Waals surface area contributed by atoms with Gasteiger partial charge < -0.3 is 16.0 Å². The molecule has 1 heterocycles. The lowest BCUT2D eigenvalue weighted by molar-refractivity contribution is -0.115. The number of nitrogens with zero attached hydrogens (tertiary/aromatic N) is 1. The molecule has 0 unspecified atom stereocenters. The van der Waals surface area contributed by atoms with Gasteiger partial charge in [0.25, 0.3) is 0 Å². The van der Waals surface area contributed by atoms with Crippen LogP contribution in [0.2, 0.25) is 0 Å². The van der Waals surface area contributed by atoms with Crippen LogP contribution in [0, 0.1) is 12.3 Å². The van der Waals surface area contributed by atoms with Crippen LogP contribution in [-0.4, -0.2) is 25.5 Å². The number of hydrogen-bond acceptors (Lipinski definition) is 3. The lowest BCUT2D eigenvalue weighted by atomic mass is 10.2. The average molecular weight is 454 g/mol. The van der Waals surface area contributed by atoms with Crippen LogP contribution >= 0.6 is 35.3 Å². The number of amides is 1. The van der Waals surface area contributed by atoms with E-state index in [0.717, 1.165) is 5.56 Å². The summed E-state index contributed by atoms with van der Waals surface area (Å²) in [7, 11) is 1.66. The number of hydrogen-bond donors (Lipinski definition) is 3. The van der Waals surface area contributed by atoms with Crippen LogP contribution in [0.1, 0.15) is 11.1 Å². The van der Waals surface area contributed by atoms with E-state index in [-0.39, 0.29) is 36.4 Å². The normalized spacial score (nSPS) is 10.2. The molecule has 7 heteroatoms.